The van der Waals surface area contributed by atoms with Gasteiger partial charge in [0.1, 0.15) is 5.01 Å². The van der Waals surface area contributed by atoms with Crippen LogP contribution in [0.25, 0.3) is 21.6 Å². The van der Waals surface area contributed by atoms with Crippen LogP contribution in [0.2, 0.25) is 0 Å². The van der Waals surface area contributed by atoms with Crippen molar-refractivity contribution in [2.24, 2.45) is 0 Å². The van der Waals surface area contributed by atoms with Gasteiger partial charge in [-0.15, -0.1) is 11.3 Å². The third-order valence-electron chi connectivity index (χ3n) is 6.16. The quantitative estimate of drug-likeness (QED) is 0.448. The van der Waals surface area contributed by atoms with Gasteiger partial charge in [-0.1, -0.05) is 30.3 Å². The van der Waals surface area contributed by atoms with Gasteiger partial charge in [0, 0.05) is 55.8 Å². The molecule has 4 aromatic rings. The molecule has 9 heteroatoms. The van der Waals surface area contributed by atoms with E-state index < -0.39 is 11.1 Å². The summed E-state index contributed by atoms with van der Waals surface area (Å²) in [4.78, 5) is 48.7. The van der Waals surface area contributed by atoms with E-state index in [1.54, 1.807) is 29.5 Å². The van der Waals surface area contributed by atoms with E-state index in [0.717, 1.165) is 35.9 Å². The molecule has 1 aliphatic heterocycles. The Kier molecular flexibility index (Phi) is 6.12. The van der Waals surface area contributed by atoms with Crippen LogP contribution in [0.1, 0.15) is 23.0 Å². The fraction of sp³-hybridized carbons (Fsp3) is 0.280. The fourth-order valence-corrected chi connectivity index (χ4v) is 5.16. The number of amides is 1. The summed E-state index contributed by atoms with van der Waals surface area (Å²) in [5.41, 5.74) is 2.53. The fourth-order valence-electron chi connectivity index (χ4n) is 4.34. The van der Waals surface area contributed by atoms with E-state index in [-0.39, 0.29) is 5.91 Å². The molecule has 1 saturated heterocycles. The first kappa shape index (κ1) is 22.2. The van der Waals surface area contributed by atoms with Crippen molar-refractivity contribution in [1.82, 2.24) is 24.3 Å². The highest BCUT2D eigenvalue weighted by molar-refractivity contribution is 7.13. The monoisotopic (exact) mass is 475 g/mol. The molecule has 8 nitrogen and oxygen atoms in total. The maximum absolute atomic E-state index is 13.1. The highest BCUT2D eigenvalue weighted by Crippen LogP contribution is 2.24. The number of rotatable bonds is 5. The van der Waals surface area contributed by atoms with E-state index in [0.29, 0.717) is 36.2 Å². The van der Waals surface area contributed by atoms with Crippen LogP contribution >= 0.6 is 11.3 Å². The molecule has 2 aromatic carbocycles. The Balaban J connectivity index is 1.24. The maximum atomic E-state index is 13.1. The molecule has 1 amide bonds. The number of benzene rings is 2. The minimum Gasteiger partial charge on any atom is -0.336 e. The Labute approximate surface area is 200 Å². The zero-order valence-electron chi connectivity index (χ0n) is 18.9. The van der Waals surface area contributed by atoms with E-state index in [1.165, 1.54) is 4.57 Å². The van der Waals surface area contributed by atoms with Crippen molar-refractivity contribution in [2.75, 3.05) is 26.2 Å². The van der Waals surface area contributed by atoms with Crippen LogP contribution in [0.4, 0.5) is 0 Å². The average Bonchev–Trinajstić information content (AvgIpc) is 3.34. The smallest absolute Gasteiger partial charge is 0.316 e. The van der Waals surface area contributed by atoms with Crippen molar-refractivity contribution in [3.05, 3.63) is 85.9 Å². The molecule has 0 spiro atoms. The predicted molar refractivity (Wildman–Crippen MR) is 133 cm³/mol. The van der Waals surface area contributed by atoms with Crippen LogP contribution in [0.5, 0.6) is 0 Å². The van der Waals surface area contributed by atoms with E-state index in [1.807, 2.05) is 30.0 Å². The Hall–Kier alpha value is -3.56. The molecule has 1 N–H and O–H groups in total. The van der Waals surface area contributed by atoms with Gasteiger partial charge in [0.25, 0.3) is 5.91 Å². The molecule has 0 radical (unpaired) electrons. The molecule has 0 bridgehead atoms. The molecule has 3 heterocycles. The van der Waals surface area contributed by atoms with Gasteiger partial charge in [-0.3, -0.25) is 19.3 Å². The minimum absolute atomic E-state index is 0.0725. The molecular weight excluding hydrogens is 450 g/mol. The number of aryl methyl sites for hydroxylation is 1. The zero-order chi connectivity index (χ0) is 23.7. The predicted octanol–water partition coefficient (Wildman–Crippen LogP) is 2.79. The number of H-pyrrole nitrogens is 1. The number of piperazine rings is 1. The van der Waals surface area contributed by atoms with Crippen molar-refractivity contribution < 1.29 is 4.79 Å². The Bertz CT molecular complexity index is 1450. The normalized spacial score (nSPS) is 14.6. The number of hydrogen-bond acceptors (Lipinski definition) is 6. The molecule has 1 fully saturated rings. The molecule has 0 atom stereocenters. The molecule has 1 aliphatic rings. The van der Waals surface area contributed by atoms with Crippen LogP contribution in [0, 0.1) is 0 Å². The summed E-state index contributed by atoms with van der Waals surface area (Å²) in [5.74, 6) is -0.0725. The maximum Gasteiger partial charge on any atom is 0.316 e. The number of aromatic amines is 1. The molecule has 5 rings (SSSR count). The van der Waals surface area contributed by atoms with Gasteiger partial charge in [-0.05, 0) is 25.1 Å². The van der Waals surface area contributed by atoms with Gasteiger partial charge in [0.15, 0.2) is 0 Å². The first-order valence-electron chi connectivity index (χ1n) is 11.3. The largest absolute Gasteiger partial charge is 0.336 e. The highest BCUT2D eigenvalue weighted by Gasteiger charge is 2.23. The van der Waals surface area contributed by atoms with Crippen LogP contribution in [0.15, 0.2) is 63.5 Å². The molecule has 174 valence electrons. The number of fused-ring (bicyclic) bond motifs is 1. The summed E-state index contributed by atoms with van der Waals surface area (Å²) in [7, 11) is 0. The first-order valence-corrected chi connectivity index (χ1v) is 12.2. The minimum atomic E-state index is -0.676. The van der Waals surface area contributed by atoms with Gasteiger partial charge in [-0.2, -0.15) is 0 Å². The summed E-state index contributed by atoms with van der Waals surface area (Å²) >= 11 is 1.65. The number of nitrogens with one attached hydrogen (secondary N) is 1. The number of nitrogens with zero attached hydrogens (tertiary/aromatic N) is 4. The molecule has 0 aliphatic carbocycles. The van der Waals surface area contributed by atoms with E-state index in [9.17, 15) is 14.4 Å². The lowest BCUT2D eigenvalue weighted by Gasteiger charge is -2.34. The molecular formula is C25H25N5O3S. The molecule has 0 saturated carbocycles. The Morgan fingerprint density at radius 2 is 1.82 bits per heavy atom. The van der Waals surface area contributed by atoms with Gasteiger partial charge >= 0.3 is 11.1 Å². The van der Waals surface area contributed by atoms with Gasteiger partial charge in [-0.25, -0.2) is 4.98 Å². The second-order valence-corrected chi connectivity index (χ2v) is 9.17. The standard InChI is InChI=1S/C25H25N5O3S/c1-2-30-21-9-8-18(14-20(21)27-22(31)25(30)33)24(32)29-12-10-28(11-13-29)15-19-16-34-23(26-19)17-6-4-3-5-7-17/h3-9,14,16H,2,10-13,15H2,1H3,(H,27,31). The number of hydrogen-bond donors (Lipinski definition) is 1. The average molecular weight is 476 g/mol. The lowest BCUT2D eigenvalue weighted by Crippen LogP contribution is -2.48. The number of thiazole rings is 1. The first-order chi connectivity index (χ1) is 16.5. The summed E-state index contributed by atoms with van der Waals surface area (Å²) in [6.45, 7) is 5.74. The molecule has 34 heavy (non-hydrogen) atoms. The second-order valence-electron chi connectivity index (χ2n) is 8.31. The van der Waals surface area contributed by atoms with Crippen LogP contribution in [-0.2, 0) is 13.1 Å². The van der Waals surface area contributed by atoms with Crippen LogP contribution < -0.4 is 11.1 Å². The lowest BCUT2D eigenvalue weighted by molar-refractivity contribution is 0.0627. The van der Waals surface area contributed by atoms with Gasteiger partial charge < -0.3 is 14.5 Å². The van der Waals surface area contributed by atoms with Crippen molar-refractivity contribution in [3.8, 4) is 10.6 Å². The van der Waals surface area contributed by atoms with Gasteiger partial charge in [0.2, 0.25) is 0 Å². The Morgan fingerprint density at radius 1 is 1.06 bits per heavy atom. The summed E-state index contributed by atoms with van der Waals surface area (Å²) < 4.78 is 1.42. The van der Waals surface area contributed by atoms with Crippen molar-refractivity contribution in [1.29, 1.82) is 0 Å². The van der Waals surface area contributed by atoms with Crippen molar-refractivity contribution >= 4 is 28.3 Å². The summed E-state index contributed by atoms with van der Waals surface area (Å²) in [6.07, 6.45) is 0. The molecule has 2 aromatic heterocycles. The SMILES string of the molecule is CCn1c(=O)c(=O)[nH]c2cc(C(=O)N3CCN(Cc4csc(-c5ccccc5)n4)CC3)ccc21. The third kappa shape index (κ3) is 4.32. The zero-order valence-corrected chi connectivity index (χ0v) is 19.7. The number of aromatic nitrogens is 3. The van der Waals surface area contributed by atoms with Gasteiger partial charge in [0.05, 0.1) is 16.7 Å². The van der Waals surface area contributed by atoms with Crippen LogP contribution in [-0.4, -0.2) is 56.4 Å². The third-order valence-corrected chi connectivity index (χ3v) is 7.10. The van der Waals surface area contributed by atoms with E-state index in [2.05, 4.69) is 27.4 Å². The summed E-state index contributed by atoms with van der Waals surface area (Å²) in [5, 5.41) is 3.12. The van der Waals surface area contributed by atoms with E-state index in [4.69, 9.17) is 4.98 Å². The van der Waals surface area contributed by atoms with Crippen molar-refractivity contribution in [3.63, 3.8) is 0 Å². The number of carbonyl (C=O) groups is 1. The highest BCUT2D eigenvalue weighted by atomic mass is 32.1. The Morgan fingerprint density at radius 3 is 2.56 bits per heavy atom. The topological polar surface area (TPSA) is 91.3 Å². The van der Waals surface area contributed by atoms with E-state index >= 15 is 0 Å². The van der Waals surface area contributed by atoms with Crippen molar-refractivity contribution in [2.45, 2.75) is 20.0 Å². The number of carbonyl (C=O) groups excluding carboxylic acids is 1. The molecule has 0 unspecified atom stereocenters. The second kappa shape index (κ2) is 9.36. The van der Waals surface area contributed by atoms with Crippen LogP contribution in [0.3, 0.4) is 0 Å². The summed E-state index contributed by atoms with van der Waals surface area (Å²) in [6, 6.07) is 15.3. The lowest BCUT2D eigenvalue weighted by atomic mass is 10.1.